The third kappa shape index (κ3) is 8.85. The number of ether oxygens (including phenoxy) is 2. The Morgan fingerprint density at radius 3 is 2.43 bits per heavy atom. The molecule has 0 aliphatic carbocycles. The predicted molar refractivity (Wildman–Crippen MR) is 167 cm³/mol. The molecule has 2 N–H and O–H groups in total. The molecule has 0 aliphatic rings. The molecule has 0 radical (unpaired) electrons. The largest absolute Gasteiger partial charge is 0.479 e. The molecule has 2 heterocycles. The van der Waals surface area contributed by atoms with Gasteiger partial charge in [-0.1, -0.05) is 64.4 Å². The van der Waals surface area contributed by atoms with Crippen LogP contribution in [0.1, 0.15) is 31.5 Å². The van der Waals surface area contributed by atoms with Gasteiger partial charge in [-0.05, 0) is 68.8 Å². The van der Waals surface area contributed by atoms with Crippen LogP contribution in [-0.2, 0) is 20.6 Å². The number of halogens is 2. The number of aliphatic carboxylic acids is 1. The molecule has 0 unspecified atom stereocenters. The Hall–Kier alpha value is -3.84. The number of carboxylic acid groups (broad SMARTS) is 1. The van der Waals surface area contributed by atoms with Gasteiger partial charge in [-0.15, -0.1) is 4.33 Å². The lowest BCUT2D eigenvalue weighted by Crippen LogP contribution is -2.22. The normalized spacial score (nSPS) is 11.5. The molecule has 0 amide bonds. The van der Waals surface area contributed by atoms with E-state index < -0.39 is 12.1 Å². The van der Waals surface area contributed by atoms with Gasteiger partial charge in [-0.2, -0.15) is 0 Å². The highest BCUT2D eigenvalue weighted by Gasteiger charge is 2.20. The maximum atomic E-state index is 11.2. The first-order valence-electron chi connectivity index (χ1n) is 13.3. The summed E-state index contributed by atoms with van der Waals surface area (Å²) in [5, 5.41) is 26.2. The Morgan fingerprint density at radius 2 is 1.77 bits per heavy atom. The first-order chi connectivity index (χ1) is 21.2. The lowest BCUT2D eigenvalue weighted by atomic mass is 10.0. The number of hydrogen-bond acceptors (Lipinski definition) is 10. The van der Waals surface area contributed by atoms with Crippen molar-refractivity contribution in [1.29, 1.82) is 0 Å². The first kappa shape index (κ1) is 33.1. The Balaban J connectivity index is 0.000000339. The first-order valence-corrected chi connectivity index (χ1v) is 14.8. The van der Waals surface area contributed by atoms with Gasteiger partial charge in [0.15, 0.2) is 11.7 Å². The summed E-state index contributed by atoms with van der Waals surface area (Å²) in [4.78, 5) is 16.7. The highest BCUT2D eigenvalue weighted by Crippen LogP contribution is 2.38. The zero-order valence-electron chi connectivity index (χ0n) is 23.8. The van der Waals surface area contributed by atoms with Gasteiger partial charge >= 0.3 is 5.97 Å². The number of carbonyl (C=O) groups is 1. The van der Waals surface area contributed by atoms with Crippen LogP contribution in [0.4, 0.5) is 0 Å². The molecule has 13 heteroatoms. The van der Waals surface area contributed by atoms with Crippen molar-refractivity contribution in [3.05, 3.63) is 94.1 Å². The van der Waals surface area contributed by atoms with Crippen molar-refractivity contribution in [1.82, 2.24) is 10.1 Å². The molecule has 5 rings (SSSR count). The van der Waals surface area contributed by atoms with E-state index in [-0.39, 0.29) is 10.8 Å². The summed E-state index contributed by atoms with van der Waals surface area (Å²) in [6.45, 7) is 5.48. The van der Waals surface area contributed by atoms with E-state index in [0.29, 0.717) is 39.7 Å². The average Bonchev–Trinajstić information content (AvgIpc) is 3.41. The standard InChI is InChI=1S/C24H20Cl2N2O5.C7H8O3S/c1-3-4-19-16(9-10-22(27-19)32-15-7-5-14(25)6-8-15)23-17-11-21(31-13(2)24(29)30)18(26)12-20(17)33-28-23;1-6-2-4-7(5-3-6)11-10-9-8/h5-13H,3-4H2,1-2H3,(H,29,30);2-5,8H,1H3/t13-;/m0./s1. The van der Waals surface area contributed by atoms with E-state index in [9.17, 15) is 4.79 Å². The summed E-state index contributed by atoms with van der Waals surface area (Å²) in [6, 6.07) is 21.5. The number of fused-ring (bicyclic) bond motifs is 1. The van der Waals surface area contributed by atoms with Gasteiger partial charge in [-0.25, -0.2) is 15.0 Å². The molecule has 10 nitrogen and oxygen atoms in total. The summed E-state index contributed by atoms with van der Waals surface area (Å²) in [7, 11) is 0. The lowest BCUT2D eigenvalue weighted by Gasteiger charge is -2.12. The minimum Gasteiger partial charge on any atom is -0.479 e. The SMILES string of the molecule is CCCc1nc(Oc2ccc(Cl)cc2)ccc1-c1noc2cc(Cl)c(O[C@@H](C)C(=O)O)cc12.Cc1ccc(SOOO)cc1. The van der Waals surface area contributed by atoms with E-state index >= 15 is 0 Å². The Kier molecular flexibility index (Phi) is 11.8. The van der Waals surface area contributed by atoms with Gasteiger partial charge in [0.1, 0.15) is 17.2 Å². The molecule has 1 atom stereocenters. The lowest BCUT2D eigenvalue weighted by molar-refractivity contribution is -0.432. The average molecular weight is 660 g/mol. The van der Waals surface area contributed by atoms with Gasteiger partial charge in [0.25, 0.3) is 0 Å². The fourth-order valence-corrected chi connectivity index (χ4v) is 4.60. The second-order valence-electron chi connectivity index (χ2n) is 9.40. The summed E-state index contributed by atoms with van der Waals surface area (Å²) >= 11 is 13.1. The van der Waals surface area contributed by atoms with Gasteiger partial charge in [0.2, 0.25) is 5.88 Å². The molecule has 3 aromatic carbocycles. The predicted octanol–water partition coefficient (Wildman–Crippen LogP) is 9.22. The van der Waals surface area contributed by atoms with Crippen molar-refractivity contribution in [3.63, 3.8) is 0 Å². The maximum absolute atomic E-state index is 11.2. The minimum absolute atomic E-state index is 0.233. The van der Waals surface area contributed by atoms with Gasteiger partial charge in [-0.3, -0.25) is 0 Å². The fraction of sp³-hybridized carbons (Fsp3) is 0.194. The van der Waals surface area contributed by atoms with Crippen LogP contribution >= 0.6 is 35.2 Å². The van der Waals surface area contributed by atoms with Gasteiger partial charge in [0, 0.05) is 27.6 Å². The summed E-state index contributed by atoms with van der Waals surface area (Å²) < 4.78 is 21.1. The molecule has 5 aromatic rings. The highest BCUT2D eigenvalue weighted by molar-refractivity contribution is 7.94. The third-order valence-corrected chi connectivity index (χ3v) is 7.23. The summed E-state index contributed by atoms with van der Waals surface area (Å²) in [5.74, 6) is 0.205. The number of carboxylic acids is 1. The monoisotopic (exact) mass is 658 g/mol. The van der Waals surface area contributed by atoms with Crippen LogP contribution in [0, 0.1) is 6.92 Å². The van der Waals surface area contributed by atoms with Crippen molar-refractivity contribution >= 4 is 52.2 Å². The van der Waals surface area contributed by atoms with Crippen LogP contribution in [-0.4, -0.2) is 32.6 Å². The Labute approximate surface area is 267 Å². The van der Waals surface area contributed by atoms with E-state index in [1.807, 2.05) is 37.3 Å². The summed E-state index contributed by atoms with van der Waals surface area (Å²) in [5.41, 5.74) is 3.76. The van der Waals surface area contributed by atoms with E-state index in [1.165, 1.54) is 12.5 Å². The molecule has 0 spiro atoms. The second-order valence-corrected chi connectivity index (χ2v) is 11.0. The minimum atomic E-state index is -1.09. The Morgan fingerprint density at radius 1 is 1.05 bits per heavy atom. The third-order valence-electron chi connectivity index (χ3n) is 6.08. The topological polar surface area (TPSA) is 133 Å². The quantitative estimate of drug-likeness (QED) is 0.0798. The number of aromatic nitrogens is 2. The number of nitrogens with zero attached hydrogens (tertiary/aromatic N) is 2. The number of benzene rings is 3. The molecule has 0 saturated carbocycles. The maximum Gasteiger partial charge on any atom is 0.344 e. The van der Waals surface area contributed by atoms with Crippen molar-refractivity contribution < 1.29 is 38.5 Å². The molecule has 2 aromatic heterocycles. The van der Waals surface area contributed by atoms with Gasteiger partial charge < -0.3 is 19.1 Å². The van der Waals surface area contributed by atoms with E-state index in [4.69, 9.17) is 47.6 Å². The van der Waals surface area contributed by atoms with Crippen molar-refractivity contribution in [2.45, 2.75) is 44.6 Å². The zero-order valence-corrected chi connectivity index (χ0v) is 26.2. The molecule has 0 bridgehead atoms. The van der Waals surface area contributed by atoms with Gasteiger partial charge in [0.05, 0.1) is 28.1 Å². The van der Waals surface area contributed by atoms with Crippen LogP contribution in [0.25, 0.3) is 22.2 Å². The zero-order chi connectivity index (χ0) is 31.6. The number of aryl methyl sites for hydroxylation is 2. The molecule has 0 fully saturated rings. The van der Waals surface area contributed by atoms with Crippen LogP contribution in [0.3, 0.4) is 0 Å². The molecular weight excluding hydrogens is 631 g/mol. The van der Waals surface area contributed by atoms with E-state index in [1.54, 1.807) is 42.5 Å². The molecule has 0 saturated heterocycles. The number of pyridine rings is 1. The van der Waals surface area contributed by atoms with Crippen LogP contribution in [0.5, 0.6) is 17.4 Å². The van der Waals surface area contributed by atoms with Crippen molar-refractivity contribution in [2.75, 3.05) is 0 Å². The highest BCUT2D eigenvalue weighted by atomic mass is 35.5. The van der Waals surface area contributed by atoms with E-state index in [2.05, 4.69) is 26.4 Å². The molecular formula is C31H28Cl2N2O8S. The van der Waals surface area contributed by atoms with Crippen molar-refractivity contribution in [3.8, 4) is 28.6 Å². The molecule has 0 aliphatic heterocycles. The fourth-order valence-electron chi connectivity index (χ4n) is 3.92. The summed E-state index contributed by atoms with van der Waals surface area (Å²) in [6.07, 6.45) is 0.482. The smallest absolute Gasteiger partial charge is 0.344 e. The van der Waals surface area contributed by atoms with Crippen molar-refractivity contribution in [2.24, 2.45) is 0 Å². The van der Waals surface area contributed by atoms with Crippen LogP contribution < -0.4 is 9.47 Å². The number of hydrogen-bond donors (Lipinski definition) is 2. The Bertz CT molecular complexity index is 1700. The van der Waals surface area contributed by atoms with E-state index in [0.717, 1.165) is 34.6 Å². The molecule has 44 heavy (non-hydrogen) atoms. The van der Waals surface area contributed by atoms with Crippen LogP contribution in [0.15, 0.2) is 82.2 Å². The molecule has 230 valence electrons. The van der Waals surface area contributed by atoms with Crippen LogP contribution in [0.2, 0.25) is 10.0 Å². The second kappa shape index (κ2) is 15.8. The number of rotatable bonds is 11.